The van der Waals surface area contributed by atoms with Gasteiger partial charge in [0.1, 0.15) is 12.4 Å². The first-order valence-electron chi connectivity index (χ1n) is 6.38. The highest BCUT2D eigenvalue weighted by molar-refractivity contribution is 5.90. The molecule has 22 heavy (non-hydrogen) atoms. The summed E-state index contributed by atoms with van der Waals surface area (Å²) < 4.78 is 34.1. The van der Waals surface area contributed by atoms with Gasteiger partial charge in [0.2, 0.25) is 5.89 Å². The molecular formula is C13H14F2N4O3. The van der Waals surface area contributed by atoms with Crippen LogP contribution in [0.3, 0.4) is 0 Å². The Morgan fingerprint density at radius 3 is 2.86 bits per heavy atom. The van der Waals surface area contributed by atoms with Crippen LogP contribution in [0.2, 0.25) is 0 Å². The van der Waals surface area contributed by atoms with Gasteiger partial charge in [-0.3, -0.25) is 0 Å². The van der Waals surface area contributed by atoms with Gasteiger partial charge in [0.25, 0.3) is 6.43 Å². The van der Waals surface area contributed by atoms with E-state index in [1.54, 1.807) is 25.1 Å². The number of carbonyl (C=O) groups excluding carboxylic acids is 1. The number of rotatable bonds is 6. The number of ether oxygens (including phenoxy) is 1. The van der Waals surface area contributed by atoms with Crippen molar-refractivity contribution in [3.05, 3.63) is 36.0 Å². The molecule has 1 aromatic carbocycles. The molecule has 0 aliphatic carbocycles. The third-order valence-corrected chi connectivity index (χ3v) is 2.48. The Morgan fingerprint density at radius 2 is 2.18 bits per heavy atom. The van der Waals surface area contributed by atoms with Crippen molar-refractivity contribution >= 4 is 11.7 Å². The summed E-state index contributed by atoms with van der Waals surface area (Å²) in [4.78, 5) is 15.7. The lowest BCUT2D eigenvalue weighted by atomic mass is 10.3. The molecule has 2 amide bonds. The van der Waals surface area contributed by atoms with Crippen molar-refractivity contribution in [2.75, 3.05) is 11.9 Å². The average Bonchev–Trinajstić information content (AvgIpc) is 2.90. The maximum Gasteiger partial charge on any atom is 0.319 e. The molecule has 0 atom stereocenters. The van der Waals surface area contributed by atoms with E-state index >= 15 is 0 Å². The summed E-state index contributed by atoms with van der Waals surface area (Å²) in [6.45, 7) is 0.957. The van der Waals surface area contributed by atoms with Gasteiger partial charge in [-0.15, -0.1) is 0 Å². The van der Waals surface area contributed by atoms with Crippen molar-refractivity contribution in [2.45, 2.75) is 19.9 Å². The number of nitrogens with zero attached hydrogens (tertiary/aromatic N) is 2. The highest BCUT2D eigenvalue weighted by atomic mass is 19.3. The molecule has 0 aliphatic heterocycles. The van der Waals surface area contributed by atoms with Crippen molar-refractivity contribution in [1.82, 2.24) is 15.5 Å². The van der Waals surface area contributed by atoms with Crippen molar-refractivity contribution in [3.8, 4) is 5.75 Å². The zero-order valence-corrected chi connectivity index (χ0v) is 11.7. The lowest BCUT2D eigenvalue weighted by Crippen LogP contribution is -2.28. The molecule has 0 saturated carbocycles. The van der Waals surface area contributed by atoms with Crippen LogP contribution >= 0.6 is 0 Å². The Balaban J connectivity index is 1.90. The molecule has 9 heteroatoms. The monoisotopic (exact) mass is 312 g/mol. The number of halogens is 2. The molecule has 1 aromatic heterocycles. The van der Waals surface area contributed by atoms with Gasteiger partial charge in [0, 0.05) is 6.92 Å². The van der Waals surface area contributed by atoms with Crippen LogP contribution in [0.5, 0.6) is 5.75 Å². The Kier molecular flexibility index (Phi) is 5.23. The van der Waals surface area contributed by atoms with Crippen molar-refractivity contribution in [1.29, 1.82) is 0 Å². The first kappa shape index (κ1) is 15.7. The normalized spacial score (nSPS) is 10.5. The molecule has 2 aromatic rings. The highest BCUT2D eigenvalue weighted by Gasteiger charge is 2.10. The average molecular weight is 312 g/mol. The fourth-order valence-corrected chi connectivity index (χ4v) is 1.59. The van der Waals surface area contributed by atoms with Crippen LogP contribution in [-0.4, -0.2) is 29.2 Å². The fraction of sp³-hybridized carbons (Fsp3) is 0.308. The summed E-state index contributed by atoms with van der Waals surface area (Å²) in [6, 6.07) is 5.74. The van der Waals surface area contributed by atoms with E-state index < -0.39 is 19.1 Å². The van der Waals surface area contributed by atoms with E-state index in [9.17, 15) is 13.6 Å². The second kappa shape index (κ2) is 7.34. The SMILES string of the molecule is Cc1nc(CNC(=O)Nc2ccccc2OCC(F)F)no1. The van der Waals surface area contributed by atoms with E-state index in [2.05, 4.69) is 20.8 Å². The second-order valence-corrected chi connectivity index (χ2v) is 4.24. The van der Waals surface area contributed by atoms with Crippen LogP contribution in [0.4, 0.5) is 19.3 Å². The number of para-hydroxylation sites is 2. The molecule has 0 fully saturated rings. The van der Waals surface area contributed by atoms with Crippen molar-refractivity contribution in [3.63, 3.8) is 0 Å². The molecule has 1 heterocycles. The molecule has 0 unspecified atom stereocenters. The molecule has 0 spiro atoms. The Labute approximate surface area is 124 Å². The lowest BCUT2D eigenvalue weighted by molar-refractivity contribution is 0.0823. The Morgan fingerprint density at radius 1 is 1.41 bits per heavy atom. The number of alkyl halides is 2. The van der Waals surface area contributed by atoms with Crippen LogP contribution in [0.1, 0.15) is 11.7 Å². The maximum absolute atomic E-state index is 12.2. The largest absolute Gasteiger partial charge is 0.485 e. The number of hydrogen-bond donors (Lipinski definition) is 2. The van der Waals surface area contributed by atoms with E-state index in [1.165, 1.54) is 6.07 Å². The molecule has 0 aliphatic rings. The summed E-state index contributed by atoms with van der Waals surface area (Å²) in [5.41, 5.74) is 0.282. The number of benzene rings is 1. The zero-order valence-electron chi connectivity index (χ0n) is 11.7. The third-order valence-electron chi connectivity index (χ3n) is 2.48. The molecule has 118 valence electrons. The van der Waals surface area contributed by atoms with Gasteiger partial charge in [-0.05, 0) is 12.1 Å². The standard InChI is InChI=1S/C13H14F2N4O3/c1-8-17-12(19-22-8)6-16-13(20)18-9-4-2-3-5-10(9)21-7-11(14)15/h2-5,11H,6-7H2,1H3,(H2,16,18,20). The third kappa shape index (κ3) is 4.69. The Bertz CT molecular complexity index is 633. The number of anilines is 1. The van der Waals surface area contributed by atoms with Gasteiger partial charge in [-0.2, -0.15) is 4.98 Å². The number of nitrogens with one attached hydrogen (secondary N) is 2. The minimum Gasteiger partial charge on any atom is -0.485 e. The van der Waals surface area contributed by atoms with Gasteiger partial charge < -0.3 is 19.9 Å². The number of aromatic nitrogens is 2. The van der Waals surface area contributed by atoms with Crippen LogP contribution in [0.25, 0.3) is 0 Å². The predicted molar refractivity (Wildman–Crippen MR) is 72.8 cm³/mol. The first-order valence-corrected chi connectivity index (χ1v) is 6.38. The number of carbonyl (C=O) groups is 1. The summed E-state index contributed by atoms with van der Waals surface area (Å²) in [6.07, 6.45) is -2.59. The number of amides is 2. The molecule has 0 bridgehead atoms. The van der Waals surface area contributed by atoms with E-state index in [0.29, 0.717) is 11.7 Å². The van der Waals surface area contributed by atoms with Gasteiger partial charge in [-0.1, -0.05) is 17.3 Å². The van der Waals surface area contributed by atoms with E-state index in [-0.39, 0.29) is 18.0 Å². The smallest absolute Gasteiger partial charge is 0.319 e. The number of urea groups is 1. The van der Waals surface area contributed by atoms with E-state index in [4.69, 9.17) is 9.26 Å². The van der Waals surface area contributed by atoms with E-state index in [0.717, 1.165) is 0 Å². The fourth-order valence-electron chi connectivity index (χ4n) is 1.59. The highest BCUT2D eigenvalue weighted by Crippen LogP contribution is 2.24. The second-order valence-electron chi connectivity index (χ2n) is 4.24. The molecule has 0 radical (unpaired) electrons. The maximum atomic E-state index is 12.2. The minimum absolute atomic E-state index is 0.0727. The Hall–Kier alpha value is -2.71. The molecule has 2 N–H and O–H groups in total. The number of aryl methyl sites for hydroxylation is 1. The summed E-state index contributed by atoms with van der Waals surface area (Å²) in [5, 5.41) is 8.64. The molecular weight excluding hydrogens is 298 g/mol. The van der Waals surface area contributed by atoms with Gasteiger partial charge >= 0.3 is 6.03 Å². The topological polar surface area (TPSA) is 89.3 Å². The van der Waals surface area contributed by atoms with E-state index in [1.807, 2.05) is 0 Å². The van der Waals surface area contributed by atoms with Gasteiger partial charge in [-0.25, -0.2) is 13.6 Å². The van der Waals surface area contributed by atoms with Crippen LogP contribution in [0.15, 0.2) is 28.8 Å². The molecule has 2 rings (SSSR count). The quantitative estimate of drug-likeness (QED) is 0.854. The first-order chi connectivity index (χ1) is 10.5. The zero-order chi connectivity index (χ0) is 15.9. The lowest BCUT2D eigenvalue weighted by Gasteiger charge is -2.12. The predicted octanol–water partition coefficient (Wildman–Crippen LogP) is 2.34. The molecule has 7 nitrogen and oxygen atoms in total. The number of hydrogen-bond acceptors (Lipinski definition) is 5. The van der Waals surface area contributed by atoms with Crippen molar-refractivity contribution in [2.24, 2.45) is 0 Å². The summed E-state index contributed by atoms with van der Waals surface area (Å²) >= 11 is 0. The van der Waals surface area contributed by atoms with Crippen molar-refractivity contribution < 1.29 is 22.8 Å². The molecule has 0 saturated heterocycles. The van der Waals surface area contributed by atoms with Crippen LogP contribution < -0.4 is 15.4 Å². The van der Waals surface area contributed by atoms with Gasteiger partial charge in [0.05, 0.1) is 12.2 Å². The van der Waals surface area contributed by atoms with Crippen LogP contribution in [0, 0.1) is 6.92 Å². The van der Waals surface area contributed by atoms with Crippen LogP contribution in [-0.2, 0) is 6.54 Å². The summed E-state index contributed by atoms with van der Waals surface area (Å²) in [5.74, 6) is 0.881. The van der Waals surface area contributed by atoms with Gasteiger partial charge in [0.15, 0.2) is 5.82 Å². The minimum atomic E-state index is -2.59. The summed E-state index contributed by atoms with van der Waals surface area (Å²) in [7, 11) is 0.